The Morgan fingerprint density at radius 2 is 2.45 bits per heavy atom. The van der Waals surface area contributed by atoms with Gasteiger partial charge in [0.1, 0.15) is 6.73 Å². The van der Waals surface area contributed by atoms with E-state index in [4.69, 9.17) is 4.74 Å². The molecule has 0 aromatic heterocycles. The van der Waals surface area contributed by atoms with Crippen molar-refractivity contribution in [2.45, 2.75) is 20.3 Å². The summed E-state index contributed by atoms with van der Waals surface area (Å²) in [5.74, 6) is 0.594. The van der Waals surface area contributed by atoms with E-state index >= 15 is 0 Å². The highest BCUT2D eigenvalue weighted by atomic mass is 16.5. The summed E-state index contributed by atoms with van der Waals surface area (Å²) in [6, 6.07) is 0. The van der Waals surface area contributed by atoms with E-state index < -0.39 is 0 Å². The lowest BCUT2D eigenvalue weighted by molar-refractivity contribution is -0.133. The van der Waals surface area contributed by atoms with Gasteiger partial charge in [-0.2, -0.15) is 0 Å². The fourth-order valence-electron chi connectivity index (χ4n) is 1.19. The topological polar surface area (TPSA) is 29.5 Å². The predicted molar refractivity (Wildman–Crippen MR) is 42.0 cm³/mol. The molecule has 0 aromatic carbocycles. The molecule has 1 atom stereocenters. The minimum Gasteiger partial charge on any atom is -0.361 e. The van der Waals surface area contributed by atoms with Crippen LogP contribution in [0.2, 0.25) is 0 Å². The maximum absolute atomic E-state index is 11.3. The molecule has 0 aliphatic carbocycles. The summed E-state index contributed by atoms with van der Waals surface area (Å²) in [4.78, 5) is 13.0. The highest BCUT2D eigenvalue weighted by molar-refractivity contribution is 5.76. The number of carbonyl (C=O) groups excluding carboxylic acids is 1. The van der Waals surface area contributed by atoms with E-state index in [0.29, 0.717) is 25.7 Å². The minimum atomic E-state index is 0.220. The van der Waals surface area contributed by atoms with Crippen LogP contribution < -0.4 is 0 Å². The quantitative estimate of drug-likeness (QED) is 0.564. The van der Waals surface area contributed by atoms with Crippen molar-refractivity contribution in [1.29, 1.82) is 0 Å². The first-order chi connectivity index (χ1) is 5.24. The Labute approximate surface area is 67.3 Å². The van der Waals surface area contributed by atoms with Crippen molar-refractivity contribution in [3.05, 3.63) is 0 Å². The molecule has 3 nitrogen and oxygen atoms in total. The van der Waals surface area contributed by atoms with Gasteiger partial charge >= 0.3 is 0 Å². The molecule has 0 spiro atoms. The Hall–Kier alpha value is -0.570. The van der Waals surface area contributed by atoms with E-state index in [2.05, 4.69) is 0 Å². The molecule has 0 saturated carbocycles. The molecule has 1 amide bonds. The van der Waals surface area contributed by atoms with Crippen molar-refractivity contribution in [3.63, 3.8) is 0 Å². The van der Waals surface area contributed by atoms with Crippen molar-refractivity contribution >= 4 is 5.91 Å². The van der Waals surface area contributed by atoms with Gasteiger partial charge < -0.3 is 9.64 Å². The maximum atomic E-state index is 11.3. The van der Waals surface area contributed by atoms with Gasteiger partial charge in [-0.15, -0.1) is 0 Å². The van der Waals surface area contributed by atoms with Crippen LogP contribution in [0.5, 0.6) is 0 Å². The van der Waals surface area contributed by atoms with Crippen molar-refractivity contribution in [1.82, 2.24) is 4.90 Å². The number of carbonyl (C=O) groups is 1. The Morgan fingerprint density at radius 1 is 1.73 bits per heavy atom. The Kier molecular flexibility index (Phi) is 2.88. The van der Waals surface area contributed by atoms with Gasteiger partial charge in [0.05, 0.1) is 6.61 Å². The second kappa shape index (κ2) is 3.72. The van der Waals surface area contributed by atoms with E-state index in [0.717, 1.165) is 6.54 Å². The summed E-state index contributed by atoms with van der Waals surface area (Å²) < 4.78 is 5.29. The number of nitrogens with zero attached hydrogens (tertiary/aromatic N) is 1. The van der Waals surface area contributed by atoms with E-state index in [9.17, 15) is 4.79 Å². The molecule has 0 aromatic rings. The van der Waals surface area contributed by atoms with Gasteiger partial charge in [0.25, 0.3) is 0 Å². The SMILES string of the molecule is CCN1COCC(C)CC1=O. The molecule has 3 heteroatoms. The number of rotatable bonds is 1. The number of hydrogen-bond donors (Lipinski definition) is 0. The van der Waals surface area contributed by atoms with Crippen molar-refractivity contribution in [2.24, 2.45) is 5.92 Å². The third-order valence-corrected chi connectivity index (χ3v) is 1.91. The third kappa shape index (κ3) is 2.19. The van der Waals surface area contributed by atoms with Gasteiger partial charge in [-0.1, -0.05) is 6.92 Å². The third-order valence-electron chi connectivity index (χ3n) is 1.91. The fraction of sp³-hybridized carbons (Fsp3) is 0.875. The lowest BCUT2D eigenvalue weighted by Gasteiger charge is -2.16. The first-order valence-corrected chi connectivity index (χ1v) is 4.09. The maximum Gasteiger partial charge on any atom is 0.224 e. The number of amides is 1. The smallest absolute Gasteiger partial charge is 0.224 e. The molecule has 1 aliphatic heterocycles. The molecule has 0 radical (unpaired) electrons. The van der Waals surface area contributed by atoms with Crippen LogP contribution in [0.15, 0.2) is 0 Å². The van der Waals surface area contributed by atoms with Crippen LogP contribution in [0, 0.1) is 5.92 Å². The standard InChI is InChI=1S/C8H15NO2/c1-3-9-6-11-5-7(2)4-8(9)10/h7H,3-6H2,1-2H3. The van der Waals surface area contributed by atoms with Gasteiger partial charge in [-0.3, -0.25) is 4.79 Å². The number of hydrogen-bond acceptors (Lipinski definition) is 2. The van der Waals surface area contributed by atoms with Gasteiger partial charge in [-0.05, 0) is 12.8 Å². The molecule has 1 saturated heterocycles. The second-order valence-electron chi connectivity index (χ2n) is 3.06. The summed E-state index contributed by atoms with van der Waals surface area (Å²) in [7, 11) is 0. The average Bonchev–Trinajstić information content (AvgIpc) is 2.11. The average molecular weight is 157 g/mol. The Balaban J connectivity index is 2.50. The van der Waals surface area contributed by atoms with Gasteiger partial charge in [0.15, 0.2) is 0 Å². The summed E-state index contributed by atoms with van der Waals surface area (Å²) in [5, 5.41) is 0. The largest absolute Gasteiger partial charge is 0.361 e. The molecule has 0 N–H and O–H groups in total. The molecular weight excluding hydrogens is 142 g/mol. The van der Waals surface area contributed by atoms with Crippen molar-refractivity contribution < 1.29 is 9.53 Å². The van der Waals surface area contributed by atoms with Crippen LogP contribution >= 0.6 is 0 Å². The van der Waals surface area contributed by atoms with Crippen LogP contribution in [0.4, 0.5) is 0 Å². The first kappa shape index (κ1) is 8.53. The molecule has 1 rings (SSSR count). The molecule has 0 bridgehead atoms. The molecule has 64 valence electrons. The fourth-order valence-corrected chi connectivity index (χ4v) is 1.19. The second-order valence-corrected chi connectivity index (χ2v) is 3.06. The normalized spacial score (nSPS) is 26.9. The zero-order chi connectivity index (χ0) is 8.27. The van der Waals surface area contributed by atoms with Gasteiger partial charge in [0, 0.05) is 13.0 Å². The summed E-state index contributed by atoms with van der Waals surface area (Å²) in [5.41, 5.74) is 0. The summed E-state index contributed by atoms with van der Waals surface area (Å²) >= 11 is 0. The van der Waals surface area contributed by atoms with E-state index in [1.165, 1.54) is 0 Å². The van der Waals surface area contributed by atoms with Gasteiger partial charge in [0.2, 0.25) is 5.91 Å². The minimum absolute atomic E-state index is 0.220. The zero-order valence-electron chi connectivity index (χ0n) is 7.17. The van der Waals surface area contributed by atoms with Crippen LogP contribution in [-0.4, -0.2) is 30.7 Å². The molecule has 1 unspecified atom stereocenters. The molecule has 11 heavy (non-hydrogen) atoms. The molecular formula is C8H15NO2. The summed E-state index contributed by atoms with van der Waals surface area (Å²) in [6.45, 7) is 5.95. The van der Waals surface area contributed by atoms with Crippen LogP contribution in [-0.2, 0) is 9.53 Å². The van der Waals surface area contributed by atoms with Crippen LogP contribution in [0.25, 0.3) is 0 Å². The Bertz CT molecular complexity index is 147. The number of ether oxygens (including phenoxy) is 1. The van der Waals surface area contributed by atoms with Crippen LogP contribution in [0.1, 0.15) is 20.3 Å². The van der Waals surface area contributed by atoms with Crippen molar-refractivity contribution in [3.8, 4) is 0 Å². The lowest BCUT2D eigenvalue weighted by atomic mass is 10.1. The highest BCUT2D eigenvalue weighted by Crippen LogP contribution is 2.10. The summed E-state index contributed by atoms with van der Waals surface area (Å²) in [6.07, 6.45) is 0.633. The van der Waals surface area contributed by atoms with E-state index in [-0.39, 0.29) is 5.91 Å². The van der Waals surface area contributed by atoms with E-state index in [1.807, 2.05) is 13.8 Å². The predicted octanol–water partition coefficient (Wildman–Crippen LogP) is 0.849. The lowest BCUT2D eigenvalue weighted by Crippen LogP contribution is -2.30. The van der Waals surface area contributed by atoms with Gasteiger partial charge in [-0.25, -0.2) is 0 Å². The molecule has 1 heterocycles. The first-order valence-electron chi connectivity index (χ1n) is 4.09. The van der Waals surface area contributed by atoms with E-state index in [1.54, 1.807) is 4.90 Å². The molecule has 1 fully saturated rings. The zero-order valence-corrected chi connectivity index (χ0v) is 7.17. The Morgan fingerprint density at radius 3 is 3.09 bits per heavy atom. The molecule has 1 aliphatic rings. The van der Waals surface area contributed by atoms with Crippen LogP contribution in [0.3, 0.4) is 0 Å². The van der Waals surface area contributed by atoms with Crippen molar-refractivity contribution in [2.75, 3.05) is 19.9 Å². The monoisotopic (exact) mass is 157 g/mol. The highest BCUT2D eigenvalue weighted by Gasteiger charge is 2.19.